The van der Waals surface area contributed by atoms with E-state index in [0.717, 1.165) is 6.42 Å². The van der Waals surface area contributed by atoms with Crippen LogP contribution in [0.15, 0.2) is 12.4 Å². The van der Waals surface area contributed by atoms with Gasteiger partial charge in [-0.3, -0.25) is 0 Å². The molecule has 5 nitrogen and oxygen atoms in total. The predicted molar refractivity (Wildman–Crippen MR) is 55.5 cm³/mol. The van der Waals surface area contributed by atoms with Crippen LogP contribution in [0.5, 0.6) is 0 Å². The first-order valence-electron chi connectivity index (χ1n) is 4.46. The van der Waals surface area contributed by atoms with Gasteiger partial charge in [-0.2, -0.15) is 0 Å². The molecular formula is C10H11N3O2. The number of terminal acetylenes is 1. The smallest absolute Gasteiger partial charge is 0.354 e. The summed E-state index contributed by atoms with van der Waals surface area (Å²) in [6.07, 6.45) is 7.81. The van der Waals surface area contributed by atoms with E-state index in [2.05, 4.69) is 21.2 Å². The van der Waals surface area contributed by atoms with E-state index in [1.54, 1.807) is 0 Å². The minimum atomic E-state index is -1.07. The van der Waals surface area contributed by atoms with Crippen LogP contribution in [0.2, 0.25) is 0 Å². The van der Waals surface area contributed by atoms with Crippen molar-refractivity contribution in [2.45, 2.75) is 12.8 Å². The Balaban J connectivity index is 2.51. The van der Waals surface area contributed by atoms with Crippen LogP contribution in [0.4, 0.5) is 5.82 Å². The molecule has 0 aliphatic rings. The minimum absolute atomic E-state index is 0.0237. The van der Waals surface area contributed by atoms with E-state index < -0.39 is 5.97 Å². The molecular weight excluding hydrogens is 194 g/mol. The molecule has 1 aromatic rings. The van der Waals surface area contributed by atoms with E-state index in [1.165, 1.54) is 12.4 Å². The largest absolute Gasteiger partial charge is 0.477 e. The van der Waals surface area contributed by atoms with E-state index in [-0.39, 0.29) is 5.69 Å². The number of hydrogen-bond acceptors (Lipinski definition) is 4. The summed E-state index contributed by atoms with van der Waals surface area (Å²) < 4.78 is 0. The van der Waals surface area contributed by atoms with Crippen LogP contribution in [0, 0.1) is 12.3 Å². The molecule has 0 saturated heterocycles. The predicted octanol–water partition coefficient (Wildman–Crippen LogP) is 1.00. The fraction of sp³-hybridized carbons (Fsp3) is 0.300. The summed E-state index contributed by atoms with van der Waals surface area (Å²) in [6, 6.07) is 1.39. The number of hydrogen-bond donors (Lipinski definition) is 2. The summed E-state index contributed by atoms with van der Waals surface area (Å²) in [7, 11) is 0. The molecule has 0 aromatic carbocycles. The van der Waals surface area contributed by atoms with Gasteiger partial charge in [0.2, 0.25) is 0 Å². The van der Waals surface area contributed by atoms with Gasteiger partial charge in [0.15, 0.2) is 5.69 Å². The number of rotatable bonds is 5. The van der Waals surface area contributed by atoms with Crippen molar-refractivity contribution in [1.29, 1.82) is 0 Å². The molecule has 0 radical (unpaired) electrons. The zero-order valence-electron chi connectivity index (χ0n) is 8.10. The average Bonchev–Trinajstić information content (AvgIpc) is 2.25. The van der Waals surface area contributed by atoms with Crippen molar-refractivity contribution in [2.75, 3.05) is 11.9 Å². The quantitative estimate of drug-likeness (QED) is 0.554. The molecule has 5 heteroatoms. The Hall–Kier alpha value is -2.09. The summed E-state index contributed by atoms with van der Waals surface area (Å²) in [5.74, 6) is 1.95. The molecule has 0 saturated carbocycles. The maximum Gasteiger partial charge on any atom is 0.354 e. The number of carbonyl (C=O) groups is 1. The van der Waals surface area contributed by atoms with Crippen LogP contribution in [-0.4, -0.2) is 27.6 Å². The van der Waals surface area contributed by atoms with Crippen LogP contribution in [-0.2, 0) is 0 Å². The Morgan fingerprint density at radius 2 is 2.40 bits per heavy atom. The number of nitrogens with zero attached hydrogens (tertiary/aromatic N) is 2. The fourth-order valence-electron chi connectivity index (χ4n) is 0.978. The second-order valence-corrected chi connectivity index (χ2v) is 2.83. The summed E-state index contributed by atoms with van der Waals surface area (Å²) >= 11 is 0. The lowest BCUT2D eigenvalue weighted by Crippen LogP contribution is -2.06. The van der Waals surface area contributed by atoms with Crippen molar-refractivity contribution in [3.05, 3.63) is 18.1 Å². The molecule has 0 bridgehead atoms. The van der Waals surface area contributed by atoms with Gasteiger partial charge in [0.1, 0.15) is 12.1 Å². The fourth-order valence-corrected chi connectivity index (χ4v) is 0.978. The lowest BCUT2D eigenvalue weighted by atomic mass is 10.3. The molecule has 0 amide bonds. The van der Waals surface area contributed by atoms with Gasteiger partial charge in [-0.25, -0.2) is 14.8 Å². The maximum absolute atomic E-state index is 10.6. The molecule has 0 fully saturated rings. The Kier molecular flexibility index (Phi) is 4.10. The van der Waals surface area contributed by atoms with Gasteiger partial charge in [-0.15, -0.1) is 12.3 Å². The Bertz CT molecular complexity index is 384. The molecule has 0 spiro atoms. The molecule has 0 atom stereocenters. The second kappa shape index (κ2) is 5.60. The summed E-state index contributed by atoms with van der Waals surface area (Å²) in [6.45, 7) is 0.667. The van der Waals surface area contributed by atoms with Crippen LogP contribution in [0.1, 0.15) is 23.3 Å². The lowest BCUT2D eigenvalue weighted by Gasteiger charge is -2.03. The van der Waals surface area contributed by atoms with Gasteiger partial charge in [0.05, 0.1) is 0 Å². The van der Waals surface area contributed by atoms with E-state index in [1.807, 2.05) is 0 Å². The van der Waals surface area contributed by atoms with Crippen molar-refractivity contribution in [2.24, 2.45) is 0 Å². The molecule has 0 aliphatic carbocycles. The van der Waals surface area contributed by atoms with E-state index in [9.17, 15) is 4.79 Å². The molecule has 2 N–H and O–H groups in total. The van der Waals surface area contributed by atoms with Gasteiger partial charge < -0.3 is 10.4 Å². The van der Waals surface area contributed by atoms with Crippen LogP contribution < -0.4 is 5.32 Å². The average molecular weight is 205 g/mol. The van der Waals surface area contributed by atoms with Crippen molar-refractivity contribution < 1.29 is 9.90 Å². The highest BCUT2D eigenvalue weighted by molar-refractivity contribution is 5.85. The molecule has 0 aliphatic heterocycles. The third kappa shape index (κ3) is 3.65. The number of aromatic carboxylic acids is 1. The van der Waals surface area contributed by atoms with E-state index >= 15 is 0 Å². The second-order valence-electron chi connectivity index (χ2n) is 2.83. The maximum atomic E-state index is 10.6. The third-order valence-corrected chi connectivity index (χ3v) is 1.69. The first-order chi connectivity index (χ1) is 7.24. The van der Waals surface area contributed by atoms with Gasteiger partial charge in [-0.1, -0.05) is 0 Å². The van der Waals surface area contributed by atoms with E-state index in [4.69, 9.17) is 11.5 Å². The summed E-state index contributed by atoms with van der Waals surface area (Å²) in [4.78, 5) is 18.1. The highest BCUT2D eigenvalue weighted by atomic mass is 16.4. The zero-order valence-corrected chi connectivity index (χ0v) is 8.10. The number of aromatic nitrogens is 2. The summed E-state index contributed by atoms with van der Waals surface area (Å²) in [5.41, 5.74) is -0.0237. The monoisotopic (exact) mass is 205 g/mol. The van der Waals surface area contributed by atoms with Crippen LogP contribution in [0.3, 0.4) is 0 Å². The van der Waals surface area contributed by atoms with E-state index in [0.29, 0.717) is 18.8 Å². The third-order valence-electron chi connectivity index (χ3n) is 1.69. The molecule has 78 valence electrons. The summed E-state index contributed by atoms with van der Waals surface area (Å²) in [5, 5.41) is 11.6. The van der Waals surface area contributed by atoms with Crippen molar-refractivity contribution in [3.63, 3.8) is 0 Å². The number of unbranched alkanes of at least 4 members (excludes halogenated alkanes) is 1. The van der Waals surface area contributed by atoms with Gasteiger partial charge in [-0.05, 0) is 6.42 Å². The lowest BCUT2D eigenvalue weighted by molar-refractivity contribution is 0.0690. The van der Waals surface area contributed by atoms with Gasteiger partial charge in [0, 0.05) is 19.0 Å². The topological polar surface area (TPSA) is 75.1 Å². The van der Waals surface area contributed by atoms with Crippen LogP contribution in [0.25, 0.3) is 0 Å². The normalized spacial score (nSPS) is 9.27. The Labute approximate surface area is 87.6 Å². The number of carboxylic acid groups (broad SMARTS) is 1. The molecule has 1 heterocycles. The van der Waals surface area contributed by atoms with Crippen LogP contribution >= 0.6 is 0 Å². The SMILES string of the molecule is C#CCCCNc1cc(C(=O)O)ncn1. The first-order valence-corrected chi connectivity index (χ1v) is 4.46. The van der Waals surface area contributed by atoms with Crippen molar-refractivity contribution in [1.82, 2.24) is 9.97 Å². The molecule has 0 unspecified atom stereocenters. The van der Waals surface area contributed by atoms with Gasteiger partial charge in [0.25, 0.3) is 0 Å². The highest BCUT2D eigenvalue weighted by Crippen LogP contribution is 2.03. The van der Waals surface area contributed by atoms with Gasteiger partial charge >= 0.3 is 5.97 Å². The Morgan fingerprint density at radius 1 is 1.60 bits per heavy atom. The zero-order chi connectivity index (χ0) is 11.1. The number of carboxylic acids is 1. The molecule has 1 rings (SSSR count). The number of nitrogens with one attached hydrogen (secondary N) is 1. The minimum Gasteiger partial charge on any atom is -0.477 e. The van der Waals surface area contributed by atoms with Crippen molar-refractivity contribution >= 4 is 11.8 Å². The first kappa shape index (κ1) is 11.0. The molecule has 1 aromatic heterocycles. The number of anilines is 1. The standard InChI is InChI=1S/C10H11N3O2/c1-2-3-4-5-11-9-6-8(10(14)15)12-7-13-9/h1,6-7H,3-5H2,(H,14,15)(H,11,12,13). The highest BCUT2D eigenvalue weighted by Gasteiger charge is 2.04. The van der Waals surface area contributed by atoms with Crippen molar-refractivity contribution in [3.8, 4) is 12.3 Å². The molecule has 15 heavy (non-hydrogen) atoms. The Morgan fingerprint density at radius 3 is 3.07 bits per heavy atom.